The van der Waals surface area contributed by atoms with Crippen molar-refractivity contribution in [2.45, 2.75) is 24.7 Å². The molecule has 1 aliphatic heterocycles. The van der Waals surface area contributed by atoms with Gasteiger partial charge in [0.2, 0.25) is 15.9 Å². The van der Waals surface area contributed by atoms with Gasteiger partial charge in [0, 0.05) is 30.8 Å². The van der Waals surface area contributed by atoms with Gasteiger partial charge >= 0.3 is 0 Å². The highest BCUT2D eigenvalue weighted by Crippen LogP contribution is 2.32. The fourth-order valence-electron chi connectivity index (χ4n) is 3.99. The van der Waals surface area contributed by atoms with Crippen LogP contribution in [0.1, 0.15) is 18.4 Å². The van der Waals surface area contributed by atoms with Crippen molar-refractivity contribution in [3.63, 3.8) is 0 Å². The third-order valence-electron chi connectivity index (χ3n) is 5.88. The van der Waals surface area contributed by atoms with Gasteiger partial charge in [-0.2, -0.15) is 4.31 Å². The summed E-state index contributed by atoms with van der Waals surface area (Å²) >= 11 is 0. The maximum Gasteiger partial charge on any atom is 0.243 e. The third kappa shape index (κ3) is 4.73. The van der Waals surface area contributed by atoms with Crippen molar-refractivity contribution in [2.24, 2.45) is 5.92 Å². The van der Waals surface area contributed by atoms with Gasteiger partial charge in [0.1, 0.15) is 6.33 Å². The van der Waals surface area contributed by atoms with Crippen molar-refractivity contribution < 1.29 is 22.7 Å². The zero-order valence-corrected chi connectivity index (χ0v) is 19.9. The van der Waals surface area contributed by atoms with E-state index in [0.717, 1.165) is 11.3 Å². The number of ether oxygens (including phenoxy) is 2. The molecule has 12 heteroatoms. The van der Waals surface area contributed by atoms with Crippen LogP contribution in [0.2, 0.25) is 0 Å². The molecule has 0 radical (unpaired) electrons. The fraction of sp³-hybridized carbons (Fsp3) is 0.364. The summed E-state index contributed by atoms with van der Waals surface area (Å²) in [4.78, 5) is 13.0. The summed E-state index contributed by atoms with van der Waals surface area (Å²) in [7, 11) is -0.762. The number of nitrogens with zero attached hydrogens (tertiary/aromatic N) is 5. The number of nitrogens with one attached hydrogen (secondary N) is 1. The highest BCUT2D eigenvalue weighted by Gasteiger charge is 2.32. The maximum atomic E-state index is 13.1. The van der Waals surface area contributed by atoms with E-state index in [9.17, 15) is 13.2 Å². The molecule has 0 bridgehead atoms. The molecular weight excluding hydrogens is 460 g/mol. The first kappa shape index (κ1) is 23.6. The van der Waals surface area contributed by atoms with Gasteiger partial charge in [-0.15, -0.1) is 5.10 Å². The smallest absolute Gasteiger partial charge is 0.243 e. The Morgan fingerprint density at radius 3 is 2.41 bits per heavy atom. The molecule has 0 spiro atoms. The van der Waals surface area contributed by atoms with E-state index in [1.54, 1.807) is 16.8 Å². The van der Waals surface area contributed by atoms with E-state index in [2.05, 4.69) is 20.8 Å². The van der Waals surface area contributed by atoms with Crippen LogP contribution in [0, 0.1) is 12.8 Å². The number of sulfonamides is 1. The van der Waals surface area contributed by atoms with Crippen molar-refractivity contribution in [2.75, 3.05) is 32.6 Å². The highest BCUT2D eigenvalue weighted by atomic mass is 32.2. The molecule has 1 amide bonds. The minimum Gasteiger partial charge on any atom is -0.493 e. The number of hydrogen-bond acceptors (Lipinski definition) is 8. The van der Waals surface area contributed by atoms with Crippen molar-refractivity contribution in [3.8, 4) is 17.2 Å². The molecular formula is C22H26N6O5S. The van der Waals surface area contributed by atoms with Crippen molar-refractivity contribution >= 4 is 21.6 Å². The summed E-state index contributed by atoms with van der Waals surface area (Å²) < 4.78 is 39.6. The fourth-order valence-corrected chi connectivity index (χ4v) is 5.48. The molecule has 1 aromatic heterocycles. The lowest BCUT2D eigenvalue weighted by atomic mass is 9.97. The lowest BCUT2D eigenvalue weighted by Gasteiger charge is -2.30. The molecule has 34 heavy (non-hydrogen) atoms. The Kier molecular flexibility index (Phi) is 6.80. The number of hydrogen-bond donors (Lipinski definition) is 1. The number of piperidine rings is 1. The molecule has 0 atom stereocenters. The topological polar surface area (TPSA) is 129 Å². The van der Waals surface area contributed by atoms with Gasteiger partial charge in [-0.05, 0) is 66.1 Å². The first-order chi connectivity index (χ1) is 16.3. The standard InChI is InChI=1S/C22H26N6O5S/c1-15-12-17(4-6-19(15)28-14-23-25-26-28)24-22(29)16-8-10-27(11-9-16)34(30,31)18-5-7-20(32-2)21(13-18)33-3/h4-7,12-14,16H,8-11H2,1-3H3,(H,24,29). The number of aryl methyl sites for hydroxylation is 1. The molecule has 0 aliphatic carbocycles. The molecule has 3 aromatic rings. The number of tetrazole rings is 1. The summed E-state index contributed by atoms with van der Waals surface area (Å²) in [6.45, 7) is 2.42. The van der Waals surface area contributed by atoms with Crippen LogP contribution in [0.3, 0.4) is 0 Å². The normalized spacial score (nSPS) is 15.1. The predicted molar refractivity (Wildman–Crippen MR) is 124 cm³/mol. The van der Waals surface area contributed by atoms with Crippen LogP contribution in [-0.2, 0) is 14.8 Å². The monoisotopic (exact) mass is 486 g/mol. The Morgan fingerprint density at radius 1 is 1.06 bits per heavy atom. The number of benzene rings is 2. The lowest BCUT2D eigenvalue weighted by Crippen LogP contribution is -2.41. The van der Waals surface area contributed by atoms with Gasteiger partial charge in [-0.25, -0.2) is 13.1 Å². The second-order valence-corrected chi connectivity index (χ2v) is 9.88. The Labute approximate surface area is 197 Å². The van der Waals surface area contributed by atoms with Gasteiger partial charge in [-0.3, -0.25) is 4.79 Å². The largest absolute Gasteiger partial charge is 0.493 e. The molecule has 0 unspecified atom stereocenters. The van der Waals surface area contributed by atoms with Gasteiger partial charge in [0.05, 0.1) is 24.8 Å². The molecule has 1 aliphatic rings. The van der Waals surface area contributed by atoms with Crippen LogP contribution >= 0.6 is 0 Å². The number of amides is 1. The number of carbonyl (C=O) groups is 1. The number of rotatable bonds is 7. The summed E-state index contributed by atoms with van der Waals surface area (Å²) in [5.74, 6) is 0.395. The average molecular weight is 487 g/mol. The molecule has 1 fully saturated rings. The van der Waals surface area contributed by atoms with Gasteiger partial charge < -0.3 is 14.8 Å². The second-order valence-electron chi connectivity index (χ2n) is 7.94. The Morgan fingerprint density at radius 2 is 1.79 bits per heavy atom. The van der Waals surface area contributed by atoms with Gasteiger partial charge in [0.15, 0.2) is 11.5 Å². The van der Waals surface area contributed by atoms with E-state index < -0.39 is 10.0 Å². The first-order valence-corrected chi connectivity index (χ1v) is 12.1. The SMILES string of the molecule is COc1ccc(S(=O)(=O)N2CCC(C(=O)Nc3ccc(-n4cnnn4)c(C)c3)CC2)cc1OC. The molecule has 11 nitrogen and oxygen atoms in total. The van der Waals surface area contributed by atoms with Gasteiger partial charge in [-0.1, -0.05) is 0 Å². The van der Waals surface area contributed by atoms with E-state index in [1.807, 2.05) is 19.1 Å². The van der Waals surface area contributed by atoms with E-state index >= 15 is 0 Å². The molecule has 0 saturated carbocycles. The van der Waals surface area contributed by atoms with Crippen LogP contribution in [0.5, 0.6) is 11.5 Å². The zero-order valence-electron chi connectivity index (χ0n) is 19.1. The molecule has 1 saturated heterocycles. The Balaban J connectivity index is 1.39. The molecule has 2 heterocycles. The minimum atomic E-state index is -3.71. The van der Waals surface area contributed by atoms with Crippen LogP contribution in [-0.4, -0.2) is 66.1 Å². The molecule has 4 rings (SSSR count). The highest BCUT2D eigenvalue weighted by molar-refractivity contribution is 7.89. The van der Waals surface area contributed by atoms with Crippen LogP contribution < -0.4 is 14.8 Å². The predicted octanol–water partition coefficient (Wildman–Crippen LogP) is 2.03. The quantitative estimate of drug-likeness (QED) is 0.537. The zero-order chi connectivity index (χ0) is 24.3. The van der Waals surface area contributed by atoms with E-state index in [0.29, 0.717) is 30.0 Å². The van der Waals surface area contributed by atoms with E-state index in [4.69, 9.17) is 9.47 Å². The third-order valence-corrected chi connectivity index (χ3v) is 7.77. The summed E-state index contributed by atoms with van der Waals surface area (Å²) in [6.07, 6.45) is 2.37. The number of methoxy groups -OCH3 is 2. The second kappa shape index (κ2) is 9.77. The molecule has 2 aromatic carbocycles. The number of aromatic nitrogens is 4. The summed E-state index contributed by atoms with van der Waals surface area (Å²) in [6, 6.07) is 9.99. The maximum absolute atomic E-state index is 13.1. The van der Waals surface area contributed by atoms with Crippen LogP contribution in [0.25, 0.3) is 5.69 Å². The average Bonchev–Trinajstić information content (AvgIpc) is 3.38. The van der Waals surface area contributed by atoms with Crippen molar-refractivity contribution in [3.05, 3.63) is 48.3 Å². The Bertz CT molecular complexity index is 1270. The number of anilines is 1. The van der Waals surface area contributed by atoms with Crippen LogP contribution in [0.4, 0.5) is 5.69 Å². The van der Waals surface area contributed by atoms with Crippen molar-refractivity contribution in [1.82, 2.24) is 24.5 Å². The molecule has 1 N–H and O–H groups in total. The van der Waals surface area contributed by atoms with E-state index in [-0.39, 0.29) is 29.8 Å². The summed E-state index contributed by atoms with van der Waals surface area (Å²) in [5.41, 5.74) is 2.39. The summed E-state index contributed by atoms with van der Waals surface area (Å²) in [5, 5.41) is 14.1. The van der Waals surface area contributed by atoms with E-state index in [1.165, 1.54) is 37.0 Å². The minimum absolute atomic E-state index is 0.127. The molecule has 180 valence electrons. The number of carbonyl (C=O) groups excluding carboxylic acids is 1. The lowest BCUT2D eigenvalue weighted by molar-refractivity contribution is -0.120. The van der Waals surface area contributed by atoms with Crippen LogP contribution in [0.15, 0.2) is 47.6 Å². The first-order valence-electron chi connectivity index (χ1n) is 10.7. The van der Waals surface area contributed by atoms with Gasteiger partial charge in [0.25, 0.3) is 0 Å². The Hall–Kier alpha value is -3.51. The van der Waals surface area contributed by atoms with Crippen molar-refractivity contribution in [1.29, 1.82) is 0 Å².